The second-order valence-electron chi connectivity index (χ2n) is 14.6. The molecule has 1 aromatic heterocycles. The number of ether oxygens (including phenoxy) is 4. The molecule has 1 aliphatic heterocycles. The predicted octanol–water partition coefficient (Wildman–Crippen LogP) is 14.3. The number of hydrogen-bond acceptors (Lipinski definition) is 11. The van der Waals surface area contributed by atoms with Crippen LogP contribution >= 0.6 is 39.4 Å². The fourth-order valence-electron chi connectivity index (χ4n) is 7.22. The van der Waals surface area contributed by atoms with E-state index >= 15 is 0 Å². The molecule has 0 radical (unpaired) electrons. The molecule has 1 aliphatic rings. The number of methoxy groups -OCH3 is 4. The summed E-state index contributed by atoms with van der Waals surface area (Å²) < 4.78 is 63.9. The number of carbonyl (C=O) groups is 1. The number of fused-ring (bicyclic) bond motifs is 4. The molecule has 0 amide bonds. The summed E-state index contributed by atoms with van der Waals surface area (Å²) in [5, 5.41) is 1.69. The van der Waals surface area contributed by atoms with Crippen molar-refractivity contribution in [2.75, 3.05) is 28.4 Å². The molecule has 14 heteroatoms. The van der Waals surface area contributed by atoms with Crippen molar-refractivity contribution in [3.05, 3.63) is 98.6 Å². The van der Waals surface area contributed by atoms with Gasteiger partial charge in [0.2, 0.25) is 0 Å². The lowest BCUT2D eigenvalue weighted by atomic mass is 9.97. The molecule has 2 heterocycles. The van der Waals surface area contributed by atoms with Crippen LogP contribution in [0.15, 0.2) is 81.2 Å². The standard InChI is InChI=1S/C47H51IO11P2/c1-8-11-16-29-21-32(50-4)24-37-38-25-33(51-5)22-30(17-12-9-2)44(38)56-61(55-43(29)37)57-45-31(18-13-10-3)23-34(52-6)26-39(45)40-27-35(53-7)28-41(48)46(40)58-60-54-42-20-15-14-19-36(42)47(49)59-60/h14-15,19-28H,8-13,16-18H2,1-7H3. The molecule has 0 spiro atoms. The van der Waals surface area contributed by atoms with Crippen LogP contribution in [0.25, 0.3) is 33.1 Å². The summed E-state index contributed by atoms with van der Waals surface area (Å²) in [5.74, 6) is 3.45. The Morgan fingerprint density at radius 3 is 1.61 bits per heavy atom. The summed E-state index contributed by atoms with van der Waals surface area (Å²) in [6.07, 6.45) is 7.91. The molecule has 0 saturated carbocycles. The Morgan fingerprint density at radius 1 is 0.557 bits per heavy atom. The average molecular weight is 981 g/mol. The first kappa shape index (κ1) is 44.3. The molecule has 1 unspecified atom stereocenters. The number of para-hydroxylation sites is 1. The molecular formula is C47H51IO11P2. The molecule has 61 heavy (non-hydrogen) atoms. The Kier molecular flexibility index (Phi) is 14.8. The maximum atomic E-state index is 13.1. The van der Waals surface area contributed by atoms with Gasteiger partial charge >= 0.3 is 22.8 Å². The average Bonchev–Trinajstić information content (AvgIpc) is 3.43. The van der Waals surface area contributed by atoms with E-state index in [1.54, 1.807) is 52.7 Å². The monoisotopic (exact) mass is 980 g/mol. The Bertz CT molecular complexity index is 2490. The normalized spacial score (nSPS) is 13.3. The van der Waals surface area contributed by atoms with Crippen LogP contribution in [0.4, 0.5) is 0 Å². The van der Waals surface area contributed by atoms with Crippen molar-refractivity contribution in [3.63, 3.8) is 0 Å². The number of carbonyl (C=O) groups excluding carboxylic acids is 1. The molecule has 1 atom stereocenters. The minimum Gasteiger partial charge on any atom is -0.497 e. The second kappa shape index (κ2) is 20.4. The first-order valence-corrected chi connectivity index (χ1v) is 23.8. The minimum absolute atomic E-state index is 0.333. The third-order valence-corrected chi connectivity index (χ3v) is 13.2. The lowest BCUT2D eigenvalue weighted by Crippen LogP contribution is -2.14. The fraction of sp³-hybridized carbons (Fsp3) is 0.340. The van der Waals surface area contributed by atoms with Gasteiger partial charge in [-0.05, 0) is 138 Å². The molecular weight excluding hydrogens is 929 g/mol. The summed E-state index contributed by atoms with van der Waals surface area (Å²) in [5.41, 5.74) is 5.80. The minimum atomic E-state index is -2.19. The first-order chi connectivity index (χ1) is 29.7. The van der Waals surface area contributed by atoms with E-state index in [0.29, 0.717) is 66.6 Å². The van der Waals surface area contributed by atoms with Crippen LogP contribution in [0.3, 0.4) is 0 Å². The Hall–Kier alpha value is -4.77. The lowest BCUT2D eigenvalue weighted by molar-refractivity contribution is 0.0697. The van der Waals surface area contributed by atoms with Gasteiger partial charge < -0.3 is 45.4 Å². The Morgan fingerprint density at radius 2 is 1.05 bits per heavy atom. The van der Waals surface area contributed by atoms with Gasteiger partial charge in [-0.15, -0.1) is 0 Å². The highest BCUT2D eigenvalue weighted by Gasteiger charge is 2.34. The van der Waals surface area contributed by atoms with Crippen LogP contribution in [-0.4, -0.2) is 34.4 Å². The summed E-state index contributed by atoms with van der Waals surface area (Å²) in [6.45, 7) is 6.49. The van der Waals surface area contributed by atoms with Gasteiger partial charge in [0, 0.05) is 21.9 Å². The highest BCUT2D eigenvalue weighted by molar-refractivity contribution is 14.1. The van der Waals surface area contributed by atoms with E-state index in [1.165, 1.54) is 0 Å². The lowest BCUT2D eigenvalue weighted by Gasteiger charge is -2.25. The van der Waals surface area contributed by atoms with Gasteiger partial charge in [-0.3, -0.25) is 0 Å². The first-order valence-electron chi connectivity index (χ1n) is 20.5. The largest absolute Gasteiger partial charge is 0.532 e. The van der Waals surface area contributed by atoms with Gasteiger partial charge in [0.15, 0.2) is 5.75 Å². The molecule has 0 N–H and O–H groups in total. The van der Waals surface area contributed by atoms with Crippen molar-refractivity contribution in [3.8, 4) is 51.4 Å². The topological polar surface area (TPSA) is 117 Å². The van der Waals surface area contributed by atoms with Crippen molar-refractivity contribution in [1.82, 2.24) is 0 Å². The molecule has 0 bridgehead atoms. The Labute approximate surface area is 372 Å². The van der Waals surface area contributed by atoms with E-state index in [-0.39, 0.29) is 0 Å². The number of unbranched alkanes of at least 4 members (excludes halogenated alkanes) is 3. The van der Waals surface area contributed by atoms with Crippen LogP contribution in [0.2, 0.25) is 0 Å². The molecule has 322 valence electrons. The fourth-order valence-corrected chi connectivity index (χ4v) is 10.3. The van der Waals surface area contributed by atoms with Gasteiger partial charge in [-0.2, -0.15) is 0 Å². The quantitative estimate of drug-likeness (QED) is 0.0605. The molecule has 11 nitrogen and oxygen atoms in total. The maximum Gasteiger partial charge on any atom is 0.532 e. The van der Waals surface area contributed by atoms with Gasteiger partial charge in [-0.25, -0.2) is 4.79 Å². The number of rotatable bonds is 18. The summed E-state index contributed by atoms with van der Waals surface area (Å²) in [4.78, 5) is 13.1. The molecule has 0 saturated heterocycles. The van der Waals surface area contributed by atoms with Crippen molar-refractivity contribution < 1.29 is 50.2 Å². The van der Waals surface area contributed by atoms with Crippen LogP contribution in [0, 0.1) is 3.57 Å². The van der Waals surface area contributed by atoms with Crippen molar-refractivity contribution in [2.24, 2.45) is 0 Å². The molecule has 6 aromatic rings. The third-order valence-electron chi connectivity index (χ3n) is 10.5. The molecule has 0 aliphatic carbocycles. The van der Waals surface area contributed by atoms with Crippen molar-refractivity contribution >= 4 is 67.3 Å². The number of aryl methyl sites for hydroxylation is 3. The number of halogens is 1. The van der Waals surface area contributed by atoms with Crippen molar-refractivity contribution in [1.29, 1.82) is 0 Å². The van der Waals surface area contributed by atoms with E-state index in [9.17, 15) is 4.79 Å². The highest BCUT2D eigenvalue weighted by Crippen LogP contribution is 2.54. The summed E-state index contributed by atoms with van der Waals surface area (Å²) in [7, 11) is 2.27. The van der Waals surface area contributed by atoms with Gasteiger partial charge in [0.25, 0.3) is 0 Å². The third kappa shape index (κ3) is 9.82. The van der Waals surface area contributed by atoms with E-state index in [1.807, 2.05) is 48.5 Å². The second-order valence-corrected chi connectivity index (χ2v) is 17.7. The maximum absolute atomic E-state index is 13.1. The van der Waals surface area contributed by atoms with Gasteiger partial charge in [-0.1, -0.05) is 52.2 Å². The zero-order chi connectivity index (χ0) is 43.0. The molecule has 7 rings (SSSR count). The van der Waals surface area contributed by atoms with Crippen LogP contribution in [0.1, 0.15) is 86.3 Å². The number of hydrogen-bond donors (Lipinski definition) is 0. The van der Waals surface area contributed by atoms with E-state index in [2.05, 4.69) is 43.4 Å². The predicted molar refractivity (Wildman–Crippen MR) is 249 cm³/mol. The van der Waals surface area contributed by atoms with E-state index < -0.39 is 22.8 Å². The molecule has 0 fully saturated rings. The highest BCUT2D eigenvalue weighted by atomic mass is 127. The van der Waals surface area contributed by atoms with Gasteiger partial charge in [0.1, 0.15) is 51.2 Å². The number of benzene rings is 5. The van der Waals surface area contributed by atoms with Crippen LogP contribution < -0.4 is 32.5 Å². The van der Waals surface area contributed by atoms with Gasteiger partial charge in [0.05, 0.1) is 32.0 Å². The van der Waals surface area contributed by atoms with Crippen molar-refractivity contribution in [2.45, 2.75) is 78.6 Å². The van der Waals surface area contributed by atoms with E-state index in [0.717, 1.165) is 90.3 Å². The zero-order valence-corrected chi connectivity index (χ0v) is 39.5. The molecule has 5 aromatic carbocycles. The zero-order valence-electron chi connectivity index (χ0n) is 35.6. The summed E-state index contributed by atoms with van der Waals surface area (Å²) in [6, 6.07) is 22.6. The SMILES string of the molecule is CCCCc1cc(OC)cc(-c2cc(OC)cc(I)c2OP2OC(=O)c3ccccc3O2)c1Op1oc2c(CCCC)cc(OC)cc2c2cc(OC)cc(CCCC)c2o1. The van der Waals surface area contributed by atoms with Crippen LogP contribution in [-0.2, 0) is 23.8 Å². The smallest absolute Gasteiger partial charge is 0.497 e. The van der Waals surface area contributed by atoms with Crippen LogP contribution in [0.5, 0.6) is 40.2 Å². The summed E-state index contributed by atoms with van der Waals surface area (Å²) >= 11 is 2.20. The Balaban J connectivity index is 1.50. The van der Waals surface area contributed by atoms with E-state index in [4.69, 9.17) is 45.4 Å².